The highest BCUT2D eigenvalue weighted by Gasteiger charge is 2.51. The monoisotopic (exact) mass is 320 g/mol. The molecule has 0 aromatic heterocycles. The van der Waals surface area contributed by atoms with E-state index in [0.29, 0.717) is 34.7 Å². The largest absolute Gasteiger partial charge is 0.478 e. The van der Waals surface area contributed by atoms with E-state index in [1.807, 2.05) is 0 Å². The van der Waals surface area contributed by atoms with Crippen molar-refractivity contribution in [3.8, 4) is 0 Å². The molecule has 0 aromatic rings. The molecule has 0 bridgehead atoms. The summed E-state index contributed by atoms with van der Waals surface area (Å²) in [5.74, 6) is 0.218. The fraction of sp³-hybridized carbons (Fsp3) is 0.750. The lowest BCUT2D eigenvalue weighted by Crippen LogP contribution is -2.48. The van der Waals surface area contributed by atoms with Crippen LogP contribution in [-0.2, 0) is 4.79 Å². The zero-order valence-corrected chi connectivity index (χ0v) is 15.1. The number of aliphatic hydroxyl groups excluding tert-OH is 1. The Kier molecular flexibility index (Phi) is 5.40. The lowest BCUT2D eigenvalue weighted by Gasteiger charge is -2.57. The van der Waals surface area contributed by atoms with Crippen LogP contribution in [-0.4, -0.2) is 22.8 Å². The van der Waals surface area contributed by atoms with Gasteiger partial charge in [0, 0.05) is 6.08 Å². The summed E-state index contributed by atoms with van der Waals surface area (Å²) in [5, 5.41) is 18.3. The second-order valence-corrected chi connectivity index (χ2v) is 8.47. The molecule has 2 aliphatic rings. The Morgan fingerprint density at radius 2 is 2.04 bits per heavy atom. The number of carboxylic acids is 1. The van der Waals surface area contributed by atoms with E-state index in [9.17, 15) is 9.90 Å². The van der Waals surface area contributed by atoms with Gasteiger partial charge in [-0.15, -0.1) is 0 Å². The van der Waals surface area contributed by atoms with Crippen LogP contribution in [0.2, 0.25) is 0 Å². The zero-order chi connectivity index (χ0) is 17.3. The predicted molar refractivity (Wildman–Crippen MR) is 93.1 cm³/mol. The van der Waals surface area contributed by atoms with Crippen LogP contribution in [0.4, 0.5) is 0 Å². The van der Waals surface area contributed by atoms with E-state index in [2.05, 4.69) is 33.8 Å². The van der Waals surface area contributed by atoms with Crippen molar-refractivity contribution in [3.63, 3.8) is 0 Å². The third-order valence-electron chi connectivity index (χ3n) is 6.58. The Morgan fingerprint density at radius 1 is 1.35 bits per heavy atom. The molecule has 0 aromatic carbocycles. The van der Waals surface area contributed by atoms with E-state index in [-0.39, 0.29) is 6.61 Å². The van der Waals surface area contributed by atoms with E-state index in [1.54, 1.807) is 0 Å². The predicted octanol–water partition coefficient (Wildman–Crippen LogP) is 4.57. The van der Waals surface area contributed by atoms with Crippen molar-refractivity contribution in [2.45, 2.75) is 66.2 Å². The lowest BCUT2D eigenvalue weighted by atomic mass is 9.48. The highest BCUT2D eigenvalue weighted by molar-refractivity contribution is 5.80. The summed E-state index contributed by atoms with van der Waals surface area (Å²) in [7, 11) is 0. The fourth-order valence-corrected chi connectivity index (χ4v) is 5.40. The maximum atomic E-state index is 10.9. The number of carboxylic acid groups (broad SMARTS) is 1. The first-order valence-corrected chi connectivity index (χ1v) is 8.90. The summed E-state index contributed by atoms with van der Waals surface area (Å²) >= 11 is 0. The number of aliphatic carboxylic acids is 1. The molecule has 2 N–H and O–H groups in total. The molecule has 1 saturated carbocycles. The number of hydrogen-bond donors (Lipinski definition) is 2. The van der Waals surface area contributed by atoms with Gasteiger partial charge in [-0.2, -0.15) is 0 Å². The van der Waals surface area contributed by atoms with Gasteiger partial charge in [-0.05, 0) is 67.3 Å². The second-order valence-electron chi connectivity index (χ2n) is 8.47. The Balaban J connectivity index is 2.21. The highest BCUT2D eigenvalue weighted by Crippen LogP contribution is 2.60. The first kappa shape index (κ1) is 18.3. The Labute approximate surface area is 140 Å². The van der Waals surface area contributed by atoms with Crippen LogP contribution in [0.5, 0.6) is 0 Å². The molecule has 2 rings (SSSR count). The van der Waals surface area contributed by atoms with Crippen molar-refractivity contribution in [2.24, 2.45) is 22.7 Å². The molecule has 0 amide bonds. The molecule has 0 radical (unpaired) electrons. The minimum atomic E-state index is -0.965. The first-order chi connectivity index (χ1) is 10.7. The summed E-state index contributed by atoms with van der Waals surface area (Å²) in [6.07, 6.45) is 10.2. The van der Waals surface area contributed by atoms with Crippen LogP contribution in [0, 0.1) is 22.7 Å². The minimum absolute atomic E-state index is 0.159. The molecule has 3 atom stereocenters. The smallest absolute Gasteiger partial charge is 0.328 e. The van der Waals surface area contributed by atoms with Gasteiger partial charge in [0.1, 0.15) is 0 Å². The maximum Gasteiger partial charge on any atom is 0.328 e. The van der Waals surface area contributed by atoms with E-state index in [4.69, 9.17) is 5.11 Å². The van der Waals surface area contributed by atoms with Crippen LogP contribution >= 0.6 is 0 Å². The number of rotatable bonds is 5. The molecule has 0 heterocycles. The van der Waals surface area contributed by atoms with Crippen LogP contribution < -0.4 is 0 Å². The zero-order valence-electron chi connectivity index (χ0n) is 15.1. The molecule has 0 saturated heterocycles. The third-order valence-corrected chi connectivity index (χ3v) is 6.58. The topological polar surface area (TPSA) is 57.5 Å². The van der Waals surface area contributed by atoms with E-state index in [1.165, 1.54) is 37.3 Å². The van der Waals surface area contributed by atoms with Gasteiger partial charge in [0.25, 0.3) is 0 Å². The summed E-state index contributed by atoms with van der Waals surface area (Å²) in [6, 6.07) is 0. The summed E-state index contributed by atoms with van der Waals surface area (Å²) < 4.78 is 0. The van der Waals surface area contributed by atoms with Crippen molar-refractivity contribution >= 4 is 5.97 Å². The molecule has 130 valence electrons. The van der Waals surface area contributed by atoms with E-state index in [0.717, 1.165) is 6.42 Å². The van der Waals surface area contributed by atoms with Gasteiger partial charge in [0.2, 0.25) is 0 Å². The summed E-state index contributed by atoms with van der Waals surface area (Å²) in [6.45, 7) is 9.33. The number of fused-ring (bicyclic) bond motifs is 1. The maximum absolute atomic E-state index is 10.9. The fourth-order valence-electron chi connectivity index (χ4n) is 5.40. The Bertz CT molecular complexity index is 515. The summed E-state index contributed by atoms with van der Waals surface area (Å²) in [5.41, 5.74) is 2.75. The highest BCUT2D eigenvalue weighted by atomic mass is 16.4. The number of carbonyl (C=O) groups is 1. The quantitative estimate of drug-likeness (QED) is 0.576. The molecule has 23 heavy (non-hydrogen) atoms. The van der Waals surface area contributed by atoms with Gasteiger partial charge in [-0.1, -0.05) is 38.8 Å². The second kappa shape index (κ2) is 6.80. The van der Waals surface area contributed by atoms with Gasteiger partial charge < -0.3 is 10.2 Å². The van der Waals surface area contributed by atoms with Crippen LogP contribution in [0.3, 0.4) is 0 Å². The minimum Gasteiger partial charge on any atom is -0.478 e. The molecule has 0 spiro atoms. The van der Waals surface area contributed by atoms with Crippen molar-refractivity contribution in [1.82, 2.24) is 0 Å². The molecule has 2 aliphatic carbocycles. The third kappa shape index (κ3) is 3.71. The van der Waals surface area contributed by atoms with Crippen LogP contribution in [0.15, 0.2) is 23.3 Å². The summed E-state index contributed by atoms with van der Waals surface area (Å²) in [4.78, 5) is 10.9. The van der Waals surface area contributed by atoms with E-state index < -0.39 is 5.97 Å². The average Bonchev–Trinajstić information content (AvgIpc) is 2.43. The normalized spacial score (nSPS) is 33.8. The molecule has 1 fully saturated rings. The van der Waals surface area contributed by atoms with Gasteiger partial charge in [-0.3, -0.25) is 0 Å². The molecule has 0 unspecified atom stereocenters. The number of aliphatic hydroxyl groups is 1. The standard InChI is InChI=1S/C20H32O3/c1-14-6-9-17-19(2,3)10-5-11-20(17,4)16(14)8-7-15(13-21)12-18(22)23/h6,12,16-17,21H,5,7-11,13H2,1-4H3,(H,22,23)/b15-12-/t16-,17-,20+/m1/s1. The number of hydrogen-bond acceptors (Lipinski definition) is 2. The van der Waals surface area contributed by atoms with Gasteiger partial charge in [0.05, 0.1) is 6.61 Å². The molecular weight excluding hydrogens is 288 g/mol. The number of allylic oxidation sites excluding steroid dienone is 2. The molecular formula is C20H32O3. The Hall–Kier alpha value is -1.09. The van der Waals surface area contributed by atoms with Gasteiger partial charge in [-0.25, -0.2) is 4.79 Å². The van der Waals surface area contributed by atoms with Gasteiger partial charge >= 0.3 is 5.97 Å². The van der Waals surface area contributed by atoms with Crippen molar-refractivity contribution in [2.75, 3.05) is 6.61 Å². The van der Waals surface area contributed by atoms with Gasteiger partial charge in [0.15, 0.2) is 0 Å². The molecule has 3 nitrogen and oxygen atoms in total. The van der Waals surface area contributed by atoms with Crippen LogP contribution in [0.25, 0.3) is 0 Å². The van der Waals surface area contributed by atoms with E-state index >= 15 is 0 Å². The van der Waals surface area contributed by atoms with Crippen molar-refractivity contribution in [1.29, 1.82) is 0 Å². The van der Waals surface area contributed by atoms with Crippen molar-refractivity contribution in [3.05, 3.63) is 23.3 Å². The molecule has 0 aliphatic heterocycles. The van der Waals surface area contributed by atoms with Crippen molar-refractivity contribution < 1.29 is 15.0 Å². The SMILES string of the molecule is CC1=CC[C@@H]2C(C)(C)CCC[C@@]2(C)[C@@H]1CC/C(=C/C(=O)O)CO. The molecule has 3 heteroatoms. The average molecular weight is 320 g/mol. The first-order valence-electron chi connectivity index (χ1n) is 8.90. The lowest BCUT2D eigenvalue weighted by molar-refractivity contribution is -0.131. The van der Waals surface area contributed by atoms with Crippen LogP contribution in [0.1, 0.15) is 66.2 Å². The Morgan fingerprint density at radius 3 is 2.65 bits per heavy atom.